The molecule has 0 saturated heterocycles. The highest BCUT2D eigenvalue weighted by Crippen LogP contribution is 2.12. The number of rotatable bonds is 5. The Morgan fingerprint density at radius 1 is 1.44 bits per heavy atom. The third-order valence-electron chi connectivity index (χ3n) is 2.66. The van der Waals surface area contributed by atoms with Gasteiger partial charge in [-0.25, -0.2) is 4.98 Å². The molecule has 94 valence electrons. The number of carbonyl (C=O) groups excluding carboxylic acids is 1. The van der Waals surface area contributed by atoms with Crippen LogP contribution < -0.4 is 4.74 Å². The lowest BCUT2D eigenvalue weighted by molar-refractivity contribution is 0.111. The van der Waals surface area contributed by atoms with Crippen LogP contribution in [0.3, 0.4) is 0 Å². The van der Waals surface area contributed by atoms with E-state index in [1.54, 1.807) is 18.3 Å². The first-order valence-electron chi connectivity index (χ1n) is 5.78. The molecule has 0 aliphatic heterocycles. The summed E-state index contributed by atoms with van der Waals surface area (Å²) < 4.78 is 7.40. The van der Waals surface area contributed by atoms with Gasteiger partial charge in [0.05, 0.1) is 17.6 Å². The molecule has 2 rings (SSSR count). The Morgan fingerprint density at radius 2 is 2.28 bits per heavy atom. The summed E-state index contributed by atoms with van der Waals surface area (Å²) in [4.78, 5) is 14.4. The summed E-state index contributed by atoms with van der Waals surface area (Å²) >= 11 is 0. The molecule has 0 atom stereocenters. The highest BCUT2D eigenvalue weighted by molar-refractivity contribution is 5.71. The van der Waals surface area contributed by atoms with Gasteiger partial charge in [0, 0.05) is 7.05 Å². The molecule has 0 aliphatic carbocycles. The van der Waals surface area contributed by atoms with Gasteiger partial charge in [0.2, 0.25) is 0 Å². The maximum absolute atomic E-state index is 10.5. The van der Waals surface area contributed by atoms with Gasteiger partial charge in [-0.15, -0.1) is 0 Å². The third kappa shape index (κ3) is 2.74. The molecule has 0 N–H and O–H groups in total. The van der Waals surface area contributed by atoms with Crippen LogP contribution in [0.2, 0.25) is 0 Å². The van der Waals surface area contributed by atoms with Crippen LogP contribution in [-0.4, -0.2) is 21.1 Å². The highest BCUT2D eigenvalue weighted by atomic mass is 16.5. The van der Waals surface area contributed by atoms with Crippen LogP contribution in [0.15, 0.2) is 24.4 Å². The number of nitrogens with zero attached hydrogens (tertiary/aromatic N) is 3. The molecule has 0 bridgehead atoms. The Kier molecular flexibility index (Phi) is 3.72. The molecule has 2 aromatic rings. The number of hydrogen-bond donors (Lipinski definition) is 0. The molecule has 0 aromatic carbocycles. The molecule has 18 heavy (non-hydrogen) atoms. The van der Waals surface area contributed by atoms with Crippen molar-refractivity contribution in [3.63, 3.8) is 0 Å². The average Bonchev–Trinajstić information content (AvgIpc) is 2.77. The number of aromatic nitrogens is 3. The molecular weight excluding hydrogens is 230 g/mol. The second-order valence-corrected chi connectivity index (χ2v) is 3.93. The first kappa shape index (κ1) is 12.3. The first-order valence-corrected chi connectivity index (χ1v) is 5.78. The fraction of sp³-hybridized carbons (Fsp3) is 0.308. The Balaban J connectivity index is 2.01. The van der Waals surface area contributed by atoms with Gasteiger partial charge in [-0.1, -0.05) is 6.92 Å². The molecule has 0 fully saturated rings. The van der Waals surface area contributed by atoms with Crippen molar-refractivity contribution in [3.8, 4) is 5.75 Å². The van der Waals surface area contributed by atoms with E-state index in [-0.39, 0.29) is 0 Å². The minimum Gasteiger partial charge on any atom is -0.486 e. The first-order chi connectivity index (χ1) is 8.72. The standard InChI is InChI=1S/C13H15N3O2/c1-3-10-6-12(16(2)15-10)9-18-13-5-4-11(8-17)14-7-13/h4-8H,3,9H2,1-2H3. The van der Waals surface area contributed by atoms with Gasteiger partial charge in [-0.2, -0.15) is 5.10 Å². The lowest BCUT2D eigenvalue weighted by atomic mass is 10.3. The van der Waals surface area contributed by atoms with E-state index in [2.05, 4.69) is 17.0 Å². The normalized spacial score (nSPS) is 10.3. The van der Waals surface area contributed by atoms with Crippen molar-refractivity contribution in [3.05, 3.63) is 41.5 Å². The van der Waals surface area contributed by atoms with Crippen LogP contribution in [0.5, 0.6) is 5.75 Å². The molecule has 5 heteroatoms. The number of aryl methyl sites for hydroxylation is 2. The van der Waals surface area contributed by atoms with Gasteiger partial charge in [0.1, 0.15) is 18.1 Å². The summed E-state index contributed by atoms with van der Waals surface area (Å²) in [7, 11) is 1.89. The predicted molar refractivity (Wildman–Crippen MR) is 66.5 cm³/mol. The van der Waals surface area contributed by atoms with Crippen molar-refractivity contribution < 1.29 is 9.53 Å². The number of hydrogen-bond acceptors (Lipinski definition) is 4. The molecule has 2 heterocycles. The number of carbonyl (C=O) groups is 1. The van der Waals surface area contributed by atoms with E-state index in [9.17, 15) is 4.79 Å². The smallest absolute Gasteiger partial charge is 0.168 e. The SMILES string of the molecule is CCc1cc(COc2ccc(C=O)nc2)n(C)n1. The molecule has 5 nitrogen and oxygen atoms in total. The molecule has 0 unspecified atom stereocenters. The number of pyridine rings is 1. The van der Waals surface area contributed by atoms with Gasteiger partial charge in [0.15, 0.2) is 6.29 Å². The minimum atomic E-state index is 0.399. The zero-order chi connectivity index (χ0) is 13.0. The summed E-state index contributed by atoms with van der Waals surface area (Å²) in [5, 5.41) is 4.34. The summed E-state index contributed by atoms with van der Waals surface area (Å²) in [5.74, 6) is 0.639. The molecule has 0 spiro atoms. The quantitative estimate of drug-likeness (QED) is 0.753. The van der Waals surface area contributed by atoms with Gasteiger partial charge >= 0.3 is 0 Å². The van der Waals surface area contributed by atoms with E-state index in [0.29, 0.717) is 24.3 Å². The topological polar surface area (TPSA) is 57.0 Å². The maximum Gasteiger partial charge on any atom is 0.168 e. The molecule has 0 radical (unpaired) electrons. The Hall–Kier alpha value is -2.17. The average molecular weight is 245 g/mol. The summed E-state index contributed by atoms with van der Waals surface area (Å²) in [6.45, 7) is 2.50. The fourth-order valence-corrected chi connectivity index (χ4v) is 1.58. The summed E-state index contributed by atoms with van der Waals surface area (Å²) in [6.07, 6.45) is 3.16. The van der Waals surface area contributed by atoms with Crippen LogP contribution >= 0.6 is 0 Å². The fourth-order valence-electron chi connectivity index (χ4n) is 1.58. The second-order valence-electron chi connectivity index (χ2n) is 3.93. The second kappa shape index (κ2) is 5.44. The van der Waals surface area contributed by atoms with Crippen molar-refractivity contribution in [2.45, 2.75) is 20.0 Å². The van der Waals surface area contributed by atoms with Crippen molar-refractivity contribution in [2.75, 3.05) is 0 Å². The van der Waals surface area contributed by atoms with Gasteiger partial charge in [-0.3, -0.25) is 9.48 Å². The summed E-state index contributed by atoms with van der Waals surface area (Å²) in [6, 6.07) is 5.38. The lowest BCUT2D eigenvalue weighted by Crippen LogP contribution is -2.03. The highest BCUT2D eigenvalue weighted by Gasteiger charge is 2.04. The molecule has 2 aromatic heterocycles. The van der Waals surface area contributed by atoms with Crippen LogP contribution in [-0.2, 0) is 20.1 Å². The van der Waals surface area contributed by atoms with E-state index in [1.165, 1.54) is 0 Å². The van der Waals surface area contributed by atoms with Gasteiger partial charge in [0.25, 0.3) is 0 Å². The van der Waals surface area contributed by atoms with Crippen molar-refractivity contribution in [1.29, 1.82) is 0 Å². The zero-order valence-electron chi connectivity index (χ0n) is 10.5. The van der Waals surface area contributed by atoms with E-state index < -0.39 is 0 Å². The van der Waals surface area contributed by atoms with Crippen LogP contribution in [0.25, 0.3) is 0 Å². The lowest BCUT2D eigenvalue weighted by Gasteiger charge is -2.05. The van der Waals surface area contributed by atoms with Crippen LogP contribution in [0.1, 0.15) is 28.8 Å². The van der Waals surface area contributed by atoms with Crippen LogP contribution in [0.4, 0.5) is 0 Å². The minimum absolute atomic E-state index is 0.399. The van der Waals surface area contributed by atoms with E-state index in [1.807, 2.05) is 17.8 Å². The number of aldehydes is 1. The maximum atomic E-state index is 10.5. The Labute approximate surface area is 105 Å². The van der Waals surface area contributed by atoms with Crippen LogP contribution in [0, 0.1) is 0 Å². The van der Waals surface area contributed by atoms with Crippen molar-refractivity contribution in [2.24, 2.45) is 7.05 Å². The van der Waals surface area contributed by atoms with Crippen molar-refractivity contribution in [1.82, 2.24) is 14.8 Å². The summed E-state index contributed by atoms with van der Waals surface area (Å²) in [5.41, 5.74) is 2.45. The van der Waals surface area contributed by atoms with E-state index in [4.69, 9.17) is 4.74 Å². The Bertz CT molecular complexity index is 532. The molecule has 0 aliphatic rings. The molecule has 0 amide bonds. The predicted octanol–water partition coefficient (Wildman–Crippen LogP) is 1.77. The number of ether oxygens (including phenoxy) is 1. The van der Waals surface area contributed by atoms with E-state index >= 15 is 0 Å². The van der Waals surface area contributed by atoms with Gasteiger partial charge < -0.3 is 4.74 Å². The molecule has 0 saturated carbocycles. The zero-order valence-corrected chi connectivity index (χ0v) is 10.5. The third-order valence-corrected chi connectivity index (χ3v) is 2.66. The Morgan fingerprint density at radius 3 is 2.83 bits per heavy atom. The monoisotopic (exact) mass is 245 g/mol. The van der Waals surface area contributed by atoms with E-state index in [0.717, 1.165) is 17.8 Å². The van der Waals surface area contributed by atoms with Gasteiger partial charge in [-0.05, 0) is 24.6 Å². The largest absolute Gasteiger partial charge is 0.486 e. The van der Waals surface area contributed by atoms with Crippen molar-refractivity contribution >= 4 is 6.29 Å². The molecular formula is C13H15N3O2.